The number of nitrogens with one attached hydrogen (secondary N) is 1. The molecule has 1 saturated heterocycles. The van der Waals surface area contributed by atoms with Crippen molar-refractivity contribution in [2.24, 2.45) is 0 Å². The van der Waals surface area contributed by atoms with Crippen LogP contribution in [0.2, 0.25) is 0 Å². The molecule has 28 heavy (non-hydrogen) atoms. The van der Waals surface area contributed by atoms with E-state index in [1.165, 1.54) is 4.31 Å². The fourth-order valence-corrected chi connectivity index (χ4v) is 6.33. The number of hydrogen-bond acceptors (Lipinski definition) is 5. The zero-order chi connectivity index (χ0) is 20.9. The number of anilines is 1. The average molecular weight is 428 g/mol. The van der Waals surface area contributed by atoms with Gasteiger partial charge in [-0.1, -0.05) is 26.8 Å². The summed E-state index contributed by atoms with van der Waals surface area (Å²) in [6, 6.07) is 4.84. The predicted octanol–water partition coefficient (Wildman–Crippen LogP) is 3.18. The Morgan fingerprint density at radius 2 is 2.00 bits per heavy atom. The molecule has 0 radical (unpaired) electrons. The van der Waals surface area contributed by atoms with Gasteiger partial charge in [0, 0.05) is 42.9 Å². The Morgan fingerprint density at radius 1 is 1.32 bits per heavy atom. The van der Waals surface area contributed by atoms with Gasteiger partial charge in [0.15, 0.2) is 0 Å². The van der Waals surface area contributed by atoms with Crippen molar-refractivity contribution >= 4 is 33.4 Å². The van der Waals surface area contributed by atoms with Crippen molar-refractivity contribution < 1.29 is 13.2 Å². The third-order valence-electron chi connectivity index (χ3n) is 5.33. The van der Waals surface area contributed by atoms with E-state index in [9.17, 15) is 13.2 Å². The van der Waals surface area contributed by atoms with E-state index < -0.39 is 10.0 Å². The lowest BCUT2D eigenvalue weighted by molar-refractivity contribution is -0.120. The molecule has 1 amide bonds. The Labute approximate surface area is 174 Å². The van der Waals surface area contributed by atoms with Crippen LogP contribution in [0.5, 0.6) is 0 Å². The van der Waals surface area contributed by atoms with E-state index in [1.807, 2.05) is 32.5 Å². The second-order valence-corrected chi connectivity index (χ2v) is 10.4. The molecule has 2 atom stereocenters. The minimum atomic E-state index is -3.57. The minimum Gasteiger partial charge on any atom is -0.325 e. The summed E-state index contributed by atoms with van der Waals surface area (Å²) in [5.74, 6) is 0.934. The monoisotopic (exact) mass is 427 g/mol. The van der Waals surface area contributed by atoms with Gasteiger partial charge in [-0.15, -0.1) is 0 Å². The lowest BCUT2D eigenvalue weighted by Gasteiger charge is -2.35. The first kappa shape index (κ1) is 23.2. The molecule has 0 spiro atoms. The molecule has 1 N–H and O–H groups in total. The Kier molecular flexibility index (Phi) is 8.36. The van der Waals surface area contributed by atoms with Crippen LogP contribution in [0.15, 0.2) is 23.1 Å². The van der Waals surface area contributed by atoms with Crippen LogP contribution in [0.3, 0.4) is 0 Å². The standard InChI is InChI=1S/C20H33N3O3S2/c1-6-18-14-22(11-12-27-18)16(5)20(24)21-17-10-9-15(4)19(13-17)28(25,26)23(7-2)8-3/h9-10,13,16,18H,6-8,11-12,14H2,1-5H3,(H,21,24)/t16-,18-/m1/s1. The largest absolute Gasteiger partial charge is 0.325 e. The topological polar surface area (TPSA) is 69.7 Å². The second kappa shape index (κ2) is 10.1. The summed E-state index contributed by atoms with van der Waals surface area (Å²) < 4.78 is 27.2. The molecule has 0 saturated carbocycles. The van der Waals surface area contributed by atoms with Crippen LogP contribution in [-0.4, -0.2) is 66.8 Å². The van der Waals surface area contributed by atoms with Crippen molar-refractivity contribution in [3.63, 3.8) is 0 Å². The average Bonchev–Trinajstić information content (AvgIpc) is 2.69. The summed E-state index contributed by atoms with van der Waals surface area (Å²) in [4.78, 5) is 15.2. The van der Waals surface area contributed by atoms with Crippen molar-refractivity contribution in [3.8, 4) is 0 Å². The molecule has 1 aromatic rings. The first-order valence-electron chi connectivity index (χ1n) is 10.0. The summed E-state index contributed by atoms with van der Waals surface area (Å²) in [5, 5.41) is 3.48. The maximum atomic E-state index is 12.9. The van der Waals surface area contributed by atoms with E-state index in [4.69, 9.17) is 0 Å². The molecule has 6 nitrogen and oxygen atoms in total. The first-order chi connectivity index (χ1) is 13.2. The van der Waals surface area contributed by atoms with Gasteiger partial charge in [0.1, 0.15) is 0 Å². The molecule has 0 aliphatic carbocycles. The number of rotatable bonds is 8. The summed E-state index contributed by atoms with van der Waals surface area (Å²) in [7, 11) is -3.57. The Balaban J connectivity index is 2.17. The molecular weight excluding hydrogens is 394 g/mol. The van der Waals surface area contributed by atoms with Crippen LogP contribution in [0, 0.1) is 6.92 Å². The van der Waals surface area contributed by atoms with Crippen molar-refractivity contribution in [3.05, 3.63) is 23.8 Å². The molecule has 0 unspecified atom stereocenters. The van der Waals surface area contributed by atoms with Gasteiger partial charge in [0.25, 0.3) is 0 Å². The van der Waals surface area contributed by atoms with Crippen LogP contribution in [-0.2, 0) is 14.8 Å². The summed E-state index contributed by atoms with van der Waals surface area (Å²) >= 11 is 1.97. The summed E-state index contributed by atoms with van der Waals surface area (Å²) in [6.07, 6.45) is 1.10. The van der Waals surface area contributed by atoms with E-state index in [1.54, 1.807) is 25.1 Å². The highest BCUT2D eigenvalue weighted by Gasteiger charge is 2.28. The normalized spacial score (nSPS) is 19.6. The molecule has 1 aliphatic rings. The smallest absolute Gasteiger partial charge is 0.243 e. The van der Waals surface area contributed by atoms with Gasteiger partial charge < -0.3 is 5.32 Å². The summed E-state index contributed by atoms with van der Waals surface area (Å²) in [5.41, 5.74) is 1.20. The number of carbonyl (C=O) groups excluding carboxylic acids is 1. The highest BCUT2D eigenvalue weighted by atomic mass is 32.2. The van der Waals surface area contributed by atoms with Crippen molar-refractivity contribution in [2.45, 2.75) is 57.2 Å². The Morgan fingerprint density at radius 3 is 2.61 bits per heavy atom. The molecule has 8 heteroatoms. The van der Waals surface area contributed by atoms with Gasteiger partial charge in [0.2, 0.25) is 15.9 Å². The molecule has 1 heterocycles. The fourth-order valence-electron chi connectivity index (χ4n) is 3.41. The maximum absolute atomic E-state index is 12.9. The number of carbonyl (C=O) groups is 1. The van der Waals surface area contributed by atoms with Crippen LogP contribution in [0.1, 0.15) is 39.7 Å². The zero-order valence-electron chi connectivity index (χ0n) is 17.6. The summed E-state index contributed by atoms with van der Waals surface area (Å²) in [6.45, 7) is 12.1. The highest BCUT2D eigenvalue weighted by Crippen LogP contribution is 2.25. The van der Waals surface area contributed by atoms with Crippen LogP contribution in [0.25, 0.3) is 0 Å². The molecule has 0 bridgehead atoms. The molecule has 0 aromatic heterocycles. The predicted molar refractivity (Wildman–Crippen MR) is 117 cm³/mol. The lowest BCUT2D eigenvalue weighted by atomic mass is 10.2. The highest BCUT2D eigenvalue weighted by molar-refractivity contribution is 8.00. The second-order valence-electron chi connectivity index (χ2n) is 7.13. The molecule has 1 fully saturated rings. The third-order valence-corrected chi connectivity index (χ3v) is 8.90. The molecule has 2 rings (SSSR count). The number of amides is 1. The minimum absolute atomic E-state index is 0.100. The maximum Gasteiger partial charge on any atom is 0.243 e. The van der Waals surface area contributed by atoms with Crippen LogP contribution >= 0.6 is 11.8 Å². The fraction of sp³-hybridized carbons (Fsp3) is 0.650. The van der Waals surface area contributed by atoms with E-state index in [0.717, 1.165) is 25.3 Å². The first-order valence-corrected chi connectivity index (χ1v) is 12.5. The van der Waals surface area contributed by atoms with Gasteiger partial charge in [-0.25, -0.2) is 8.42 Å². The number of aryl methyl sites for hydroxylation is 1. The van der Waals surface area contributed by atoms with Gasteiger partial charge >= 0.3 is 0 Å². The van der Waals surface area contributed by atoms with Gasteiger partial charge in [0.05, 0.1) is 10.9 Å². The molecule has 1 aliphatic heterocycles. The Hall–Kier alpha value is -1.09. The molecule has 1 aromatic carbocycles. The van der Waals surface area contributed by atoms with Gasteiger partial charge in [-0.05, 0) is 38.0 Å². The Bertz CT molecular complexity index is 779. The van der Waals surface area contributed by atoms with Gasteiger partial charge in [-0.3, -0.25) is 9.69 Å². The van der Waals surface area contributed by atoms with Crippen molar-refractivity contribution in [1.29, 1.82) is 0 Å². The number of benzene rings is 1. The van der Waals surface area contributed by atoms with Crippen LogP contribution < -0.4 is 5.32 Å². The van der Waals surface area contributed by atoms with E-state index in [0.29, 0.717) is 29.6 Å². The number of thioether (sulfide) groups is 1. The number of nitrogens with zero attached hydrogens (tertiary/aromatic N) is 2. The van der Waals surface area contributed by atoms with Crippen molar-refractivity contribution in [1.82, 2.24) is 9.21 Å². The number of sulfonamides is 1. The SMILES string of the molecule is CC[C@@H]1CN([C@H](C)C(=O)Nc2ccc(C)c(S(=O)(=O)N(CC)CC)c2)CCS1. The molecule has 158 valence electrons. The lowest BCUT2D eigenvalue weighted by Crippen LogP contribution is -2.48. The molecular formula is C20H33N3O3S2. The van der Waals surface area contributed by atoms with E-state index >= 15 is 0 Å². The third kappa shape index (κ3) is 5.28. The van der Waals surface area contributed by atoms with Gasteiger partial charge in [-0.2, -0.15) is 16.1 Å². The number of hydrogen-bond donors (Lipinski definition) is 1. The van der Waals surface area contributed by atoms with E-state index in [2.05, 4.69) is 17.1 Å². The quantitative estimate of drug-likeness (QED) is 0.690. The van der Waals surface area contributed by atoms with Crippen molar-refractivity contribution in [2.75, 3.05) is 37.2 Å². The zero-order valence-corrected chi connectivity index (χ0v) is 19.2. The van der Waals surface area contributed by atoms with E-state index in [-0.39, 0.29) is 16.8 Å². The van der Waals surface area contributed by atoms with Crippen LogP contribution in [0.4, 0.5) is 5.69 Å².